The molecule has 0 heterocycles. The molecular weight excluding hydrogens is 287 g/mol. The highest BCUT2D eigenvalue weighted by Crippen LogP contribution is 2.46. The van der Waals surface area contributed by atoms with Gasteiger partial charge in [-0.1, -0.05) is 18.2 Å². The third-order valence-corrected chi connectivity index (χ3v) is 4.41. The fourth-order valence-electron chi connectivity index (χ4n) is 3.63. The van der Waals surface area contributed by atoms with Crippen LogP contribution in [0.1, 0.15) is 38.7 Å². The van der Waals surface area contributed by atoms with Crippen LogP contribution in [-0.2, 0) is 14.4 Å². The summed E-state index contributed by atoms with van der Waals surface area (Å²) in [5.74, 6) is -4.91. The van der Waals surface area contributed by atoms with E-state index < -0.39 is 40.7 Å². The smallest absolute Gasteiger partial charge is 0.146 e. The number of halogens is 1. The van der Waals surface area contributed by atoms with Crippen molar-refractivity contribution in [2.24, 2.45) is 11.8 Å². The van der Waals surface area contributed by atoms with Gasteiger partial charge in [0.1, 0.15) is 23.2 Å². The highest BCUT2D eigenvalue weighted by Gasteiger charge is 2.54. The standard InChI is InChI=1S/C17H19FO4/c1-9(19)14-13(21)8-17(3,22)16(10(2)20)15(14)11-6-4-5-7-12(11)18/h4-7,14-16,22H,8H2,1-3H3/t14-,15+,16+,17+/m0/s1. The zero-order chi connectivity index (χ0) is 16.7. The SMILES string of the molecule is CC(=O)[C@H]1C(=O)C[C@@](C)(O)[C@H](C(C)=O)[C@@H]1c1ccccc1F. The quantitative estimate of drug-likeness (QED) is 0.868. The molecule has 4 nitrogen and oxygen atoms in total. The van der Waals surface area contributed by atoms with Crippen molar-refractivity contribution in [1.82, 2.24) is 0 Å². The average molecular weight is 306 g/mol. The lowest BCUT2D eigenvalue weighted by atomic mass is 9.60. The molecule has 1 aromatic rings. The second-order valence-corrected chi connectivity index (χ2v) is 6.22. The number of benzene rings is 1. The largest absolute Gasteiger partial charge is 0.389 e. The van der Waals surface area contributed by atoms with Crippen LogP contribution in [-0.4, -0.2) is 28.1 Å². The Labute approximate surface area is 128 Å². The Morgan fingerprint density at radius 3 is 2.32 bits per heavy atom. The van der Waals surface area contributed by atoms with Crippen molar-refractivity contribution in [3.05, 3.63) is 35.6 Å². The van der Waals surface area contributed by atoms with Gasteiger partial charge in [0.2, 0.25) is 0 Å². The van der Waals surface area contributed by atoms with E-state index in [-0.39, 0.29) is 17.8 Å². The van der Waals surface area contributed by atoms with Gasteiger partial charge < -0.3 is 5.11 Å². The number of ketones is 3. The van der Waals surface area contributed by atoms with Crippen LogP contribution in [0, 0.1) is 17.7 Å². The molecule has 2 rings (SSSR count). The van der Waals surface area contributed by atoms with Gasteiger partial charge in [0, 0.05) is 12.3 Å². The van der Waals surface area contributed by atoms with E-state index in [9.17, 15) is 23.9 Å². The molecule has 0 aromatic heterocycles. The van der Waals surface area contributed by atoms with E-state index in [2.05, 4.69) is 0 Å². The van der Waals surface area contributed by atoms with Crippen LogP contribution in [0.3, 0.4) is 0 Å². The molecule has 0 bridgehead atoms. The average Bonchev–Trinajstić information content (AvgIpc) is 2.35. The minimum Gasteiger partial charge on any atom is -0.389 e. The molecular formula is C17H19FO4. The van der Waals surface area contributed by atoms with E-state index in [0.29, 0.717) is 0 Å². The number of hydrogen-bond acceptors (Lipinski definition) is 4. The van der Waals surface area contributed by atoms with E-state index in [0.717, 1.165) is 0 Å². The zero-order valence-electron chi connectivity index (χ0n) is 12.8. The Hall–Kier alpha value is -1.88. The van der Waals surface area contributed by atoms with E-state index in [1.807, 2.05) is 0 Å². The van der Waals surface area contributed by atoms with Gasteiger partial charge in [-0.05, 0) is 32.4 Å². The minimum absolute atomic E-state index is 0.122. The molecule has 1 saturated carbocycles. The highest BCUT2D eigenvalue weighted by atomic mass is 19.1. The molecule has 118 valence electrons. The minimum atomic E-state index is -1.60. The molecule has 0 radical (unpaired) electrons. The van der Waals surface area contributed by atoms with Gasteiger partial charge in [0.05, 0.1) is 17.4 Å². The summed E-state index contributed by atoms with van der Waals surface area (Å²) in [5, 5.41) is 10.5. The molecule has 1 aliphatic carbocycles. The Kier molecular flexibility index (Phi) is 4.29. The Morgan fingerprint density at radius 2 is 1.82 bits per heavy atom. The summed E-state index contributed by atoms with van der Waals surface area (Å²) in [4.78, 5) is 36.3. The maximum absolute atomic E-state index is 14.2. The molecule has 1 fully saturated rings. The maximum atomic E-state index is 14.2. The first-order valence-electron chi connectivity index (χ1n) is 7.17. The zero-order valence-corrected chi connectivity index (χ0v) is 12.8. The summed E-state index contributed by atoms with van der Waals surface area (Å²) in [6, 6.07) is 5.76. The summed E-state index contributed by atoms with van der Waals surface area (Å²) < 4.78 is 14.2. The lowest BCUT2D eigenvalue weighted by molar-refractivity contribution is -0.151. The maximum Gasteiger partial charge on any atom is 0.146 e. The summed E-state index contributed by atoms with van der Waals surface area (Å²) in [6.07, 6.45) is -0.285. The van der Waals surface area contributed by atoms with E-state index >= 15 is 0 Å². The van der Waals surface area contributed by atoms with Crippen molar-refractivity contribution in [1.29, 1.82) is 0 Å². The van der Waals surface area contributed by atoms with Crippen LogP contribution in [0.4, 0.5) is 4.39 Å². The summed E-state index contributed by atoms with van der Waals surface area (Å²) in [7, 11) is 0. The van der Waals surface area contributed by atoms with Crippen LogP contribution in [0.15, 0.2) is 24.3 Å². The second kappa shape index (κ2) is 5.72. The molecule has 0 spiro atoms. The van der Waals surface area contributed by atoms with Crippen molar-refractivity contribution in [2.75, 3.05) is 0 Å². The number of rotatable bonds is 3. The summed E-state index contributed by atoms with van der Waals surface area (Å²) >= 11 is 0. The molecule has 5 heteroatoms. The van der Waals surface area contributed by atoms with Crippen LogP contribution < -0.4 is 0 Å². The van der Waals surface area contributed by atoms with Crippen molar-refractivity contribution < 1.29 is 23.9 Å². The van der Waals surface area contributed by atoms with Gasteiger partial charge in [-0.15, -0.1) is 0 Å². The van der Waals surface area contributed by atoms with Crippen molar-refractivity contribution >= 4 is 17.3 Å². The summed E-state index contributed by atoms with van der Waals surface area (Å²) in [5.41, 5.74) is -1.47. The highest BCUT2D eigenvalue weighted by molar-refractivity contribution is 6.05. The molecule has 0 unspecified atom stereocenters. The van der Waals surface area contributed by atoms with Crippen LogP contribution in [0.2, 0.25) is 0 Å². The van der Waals surface area contributed by atoms with E-state index in [1.165, 1.54) is 39.0 Å². The number of hydrogen-bond donors (Lipinski definition) is 1. The molecule has 1 N–H and O–H groups in total. The molecule has 4 atom stereocenters. The first-order chi connectivity index (χ1) is 10.2. The predicted molar refractivity (Wildman–Crippen MR) is 77.7 cm³/mol. The van der Waals surface area contributed by atoms with E-state index in [4.69, 9.17) is 0 Å². The molecule has 0 amide bonds. The van der Waals surface area contributed by atoms with Gasteiger partial charge in [-0.2, -0.15) is 0 Å². The van der Waals surface area contributed by atoms with Gasteiger partial charge in [-0.3, -0.25) is 14.4 Å². The lowest BCUT2D eigenvalue weighted by Gasteiger charge is -2.44. The Balaban J connectivity index is 2.68. The number of aliphatic hydroxyl groups is 1. The monoisotopic (exact) mass is 306 g/mol. The molecule has 0 saturated heterocycles. The predicted octanol–water partition coefficient (Wildman–Crippen LogP) is 2.04. The first kappa shape index (κ1) is 16.5. The summed E-state index contributed by atoms with van der Waals surface area (Å²) in [6.45, 7) is 3.94. The van der Waals surface area contributed by atoms with Crippen molar-refractivity contribution in [3.63, 3.8) is 0 Å². The topological polar surface area (TPSA) is 71.4 Å². The fraction of sp³-hybridized carbons (Fsp3) is 0.471. The number of carbonyl (C=O) groups excluding carboxylic acids is 3. The van der Waals surface area contributed by atoms with Crippen LogP contribution in [0.25, 0.3) is 0 Å². The normalized spacial score (nSPS) is 31.9. The van der Waals surface area contributed by atoms with Crippen molar-refractivity contribution in [2.45, 2.75) is 38.7 Å². The Morgan fingerprint density at radius 1 is 1.23 bits per heavy atom. The molecule has 1 aliphatic rings. The van der Waals surface area contributed by atoms with Crippen LogP contribution in [0.5, 0.6) is 0 Å². The van der Waals surface area contributed by atoms with Gasteiger partial charge >= 0.3 is 0 Å². The van der Waals surface area contributed by atoms with Gasteiger partial charge in [0.15, 0.2) is 0 Å². The van der Waals surface area contributed by atoms with Gasteiger partial charge in [-0.25, -0.2) is 4.39 Å². The third kappa shape index (κ3) is 2.73. The van der Waals surface area contributed by atoms with Gasteiger partial charge in [0.25, 0.3) is 0 Å². The first-order valence-corrected chi connectivity index (χ1v) is 7.17. The third-order valence-electron chi connectivity index (χ3n) is 4.41. The second-order valence-electron chi connectivity index (χ2n) is 6.22. The molecule has 0 aliphatic heterocycles. The lowest BCUT2D eigenvalue weighted by Crippen LogP contribution is -2.54. The molecule has 1 aromatic carbocycles. The Bertz CT molecular complexity index is 635. The molecule has 22 heavy (non-hydrogen) atoms. The van der Waals surface area contributed by atoms with E-state index in [1.54, 1.807) is 6.07 Å². The fourth-order valence-corrected chi connectivity index (χ4v) is 3.63. The van der Waals surface area contributed by atoms with Crippen LogP contribution >= 0.6 is 0 Å². The number of carbonyl (C=O) groups is 3. The van der Waals surface area contributed by atoms with Crippen molar-refractivity contribution in [3.8, 4) is 0 Å². The number of Topliss-reactive ketones (excluding diaryl/α,β-unsaturated/α-hetero) is 3.